The van der Waals surface area contributed by atoms with Gasteiger partial charge in [-0.25, -0.2) is 0 Å². The summed E-state index contributed by atoms with van der Waals surface area (Å²) < 4.78 is 0. The normalized spacial score (nSPS) is 18.0. The molecule has 2 N–H and O–H groups in total. The van der Waals surface area contributed by atoms with Crippen molar-refractivity contribution in [1.82, 2.24) is 4.90 Å². The smallest absolute Gasteiger partial charge is 0.00161 e. The zero-order chi connectivity index (χ0) is 13.8. The first-order valence-corrected chi connectivity index (χ1v) is 8.79. The fourth-order valence-corrected chi connectivity index (χ4v) is 3.20. The minimum absolute atomic E-state index is 0.878. The van der Waals surface area contributed by atoms with Crippen molar-refractivity contribution < 1.29 is 0 Å². The Morgan fingerprint density at radius 2 is 1.47 bits per heavy atom. The van der Waals surface area contributed by atoms with E-state index in [1.54, 1.807) is 0 Å². The molecule has 0 bridgehead atoms. The van der Waals surface area contributed by atoms with Gasteiger partial charge in [-0.05, 0) is 57.8 Å². The first-order valence-electron chi connectivity index (χ1n) is 8.79. The molecule has 114 valence electrons. The van der Waals surface area contributed by atoms with Gasteiger partial charge in [0.2, 0.25) is 0 Å². The van der Waals surface area contributed by atoms with Crippen LogP contribution >= 0.6 is 0 Å². The molecule has 1 saturated heterocycles. The molecular weight excluding hydrogens is 232 g/mol. The third kappa shape index (κ3) is 8.65. The molecular formula is C17H36N2. The third-order valence-corrected chi connectivity index (χ3v) is 4.61. The zero-order valence-electron chi connectivity index (χ0n) is 13.2. The Kier molecular flexibility index (Phi) is 10.5. The minimum Gasteiger partial charge on any atom is -0.330 e. The molecule has 0 aliphatic carbocycles. The van der Waals surface area contributed by atoms with Gasteiger partial charge >= 0.3 is 0 Å². The summed E-state index contributed by atoms with van der Waals surface area (Å²) in [6.45, 7) is 7.14. The van der Waals surface area contributed by atoms with Crippen molar-refractivity contribution in [2.24, 2.45) is 11.7 Å². The van der Waals surface area contributed by atoms with E-state index >= 15 is 0 Å². The lowest BCUT2D eigenvalue weighted by atomic mass is 9.93. The van der Waals surface area contributed by atoms with Crippen LogP contribution in [0.5, 0.6) is 0 Å². The van der Waals surface area contributed by atoms with E-state index in [-0.39, 0.29) is 0 Å². The van der Waals surface area contributed by atoms with Crippen molar-refractivity contribution >= 4 is 0 Å². The van der Waals surface area contributed by atoms with Crippen molar-refractivity contribution in [2.75, 3.05) is 26.2 Å². The Bertz CT molecular complexity index is 186. The van der Waals surface area contributed by atoms with Crippen LogP contribution in [0.15, 0.2) is 0 Å². The van der Waals surface area contributed by atoms with Crippen molar-refractivity contribution in [1.29, 1.82) is 0 Å². The summed E-state index contributed by atoms with van der Waals surface area (Å²) in [6.07, 6.45) is 15.5. The highest BCUT2D eigenvalue weighted by atomic mass is 15.1. The summed E-state index contributed by atoms with van der Waals surface area (Å²) in [7, 11) is 0. The molecule has 0 atom stereocenters. The van der Waals surface area contributed by atoms with Crippen LogP contribution in [-0.2, 0) is 0 Å². The van der Waals surface area contributed by atoms with Crippen molar-refractivity contribution in [3.63, 3.8) is 0 Å². The molecule has 1 aliphatic heterocycles. The lowest BCUT2D eigenvalue weighted by Gasteiger charge is -2.31. The van der Waals surface area contributed by atoms with Crippen LogP contribution < -0.4 is 5.73 Å². The van der Waals surface area contributed by atoms with Gasteiger partial charge in [-0.2, -0.15) is 0 Å². The molecule has 1 rings (SSSR count). The topological polar surface area (TPSA) is 29.3 Å². The average Bonchev–Trinajstić information content (AvgIpc) is 2.44. The van der Waals surface area contributed by atoms with Crippen molar-refractivity contribution in [2.45, 2.75) is 77.6 Å². The fourth-order valence-electron chi connectivity index (χ4n) is 3.20. The Balaban J connectivity index is 1.85. The van der Waals surface area contributed by atoms with Gasteiger partial charge < -0.3 is 10.6 Å². The molecule has 0 aromatic rings. The number of rotatable bonds is 11. The van der Waals surface area contributed by atoms with Crippen LogP contribution in [0.25, 0.3) is 0 Å². The Morgan fingerprint density at radius 1 is 0.895 bits per heavy atom. The standard InChI is InChI=1S/C17H36N2/c1-2-3-4-5-6-7-8-9-14-19-15-11-17(10-13-18)12-16-19/h17H,2-16,18H2,1H3. The Morgan fingerprint density at radius 3 is 2.05 bits per heavy atom. The summed E-state index contributed by atoms with van der Waals surface area (Å²) in [6, 6.07) is 0. The van der Waals surface area contributed by atoms with Gasteiger partial charge in [0, 0.05) is 0 Å². The summed E-state index contributed by atoms with van der Waals surface area (Å²) in [5, 5.41) is 0. The number of nitrogens with two attached hydrogens (primary N) is 1. The number of hydrogen-bond acceptors (Lipinski definition) is 2. The highest BCUT2D eigenvalue weighted by Crippen LogP contribution is 2.20. The third-order valence-electron chi connectivity index (χ3n) is 4.61. The summed E-state index contributed by atoms with van der Waals surface area (Å²) >= 11 is 0. The van der Waals surface area contributed by atoms with E-state index in [0.717, 1.165) is 12.5 Å². The first-order chi connectivity index (χ1) is 9.36. The van der Waals surface area contributed by atoms with Gasteiger partial charge in [0.25, 0.3) is 0 Å². The first kappa shape index (κ1) is 17.0. The Hall–Kier alpha value is -0.0800. The molecule has 0 spiro atoms. The van der Waals surface area contributed by atoms with Crippen LogP contribution in [0.1, 0.15) is 77.6 Å². The van der Waals surface area contributed by atoms with E-state index in [1.807, 2.05) is 0 Å². The zero-order valence-corrected chi connectivity index (χ0v) is 13.2. The fraction of sp³-hybridized carbons (Fsp3) is 1.00. The Labute approximate surface area is 121 Å². The average molecular weight is 268 g/mol. The lowest BCUT2D eigenvalue weighted by Crippen LogP contribution is -2.34. The quantitative estimate of drug-likeness (QED) is 0.569. The van der Waals surface area contributed by atoms with E-state index in [1.165, 1.54) is 90.3 Å². The molecule has 0 aromatic carbocycles. The molecule has 0 unspecified atom stereocenters. The lowest BCUT2D eigenvalue weighted by molar-refractivity contribution is 0.177. The molecule has 1 heterocycles. The van der Waals surface area contributed by atoms with Crippen LogP contribution in [0, 0.1) is 5.92 Å². The number of likely N-dealkylation sites (tertiary alicyclic amines) is 1. The summed E-state index contributed by atoms with van der Waals surface area (Å²) in [4.78, 5) is 2.67. The van der Waals surface area contributed by atoms with E-state index < -0.39 is 0 Å². The second kappa shape index (κ2) is 11.7. The van der Waals surface area contributed by atoms with Crippen LogP contribution in [0.4, 0.5) is 0 Å². The predicted molar refractivity (Wildman–Crippen MR) is 85.4 cm³/mol. The molecule has 0 radical (unpaired) electrons. The molecule has 1 aliphatic rings. The van der Waals surface area contributed by atoms with E-state index in [0.29, 0.717) is 0 Å². The van der Waals surface area contributed by atoms with Crippen molar-refractivity contribution in [3.8, 4) is 0 Å². The van der Waals surface area contributed by atoms with Crippen molar-refractivity contribution in [3.05, 3.63) is 0 Å². The second-order valence-electron chi connectivity index (χ2n) is 6.34. The highest BCUT2D eigenvalue weighted by Gasteiger charge is 2.17. The molecule has 2 nitrogen and oxygen atoms in total. The molecule has 19 heavy (non-hydrogen) atoms. The SMILES string of the molecule is CCCCCCCCCCN1CCC(CCN)CC1. The summed E-state index contributed by atoms with van der Waals surface area (Å²) in [5.74, 6) is 0.916. The van der Waals surface area contributed by atoms with Gasteiger partial charge in [0.1, 0.15) is 0 Å². The monoisotopic (exact) mass is 268 g/mol. The molecule has 1 fully saturated rings. The van der Waals surface area contributed by atoms with Gasteiger partial charge in [-0.15, -0.1) is 0 Å². The molecule has 0 amide bonds. The summed E-state index contributed by atoms with van der Waals surface area (Å²) in [5.41, 5.74) is 5.64. The van der Waals surface area contributed by atoms with Gasteiger partial charge in [0.05, 0.1) is 0 Å². The molecule has 0 saturated carbocycles. The second-order valence-corrected chi connectivity index (χ2v) is 6.34. The van der Waals surface area contributed by atoms with Crippen LogP contribution in [0.3, 0.4) is 0 Å². The largest absolute Gasteiger partial charge is 0.330 e. The minimum atomic E-state index is 0.878. The van der Waals surface area contributed by atoms with E-state index in [4.69, 9.17) is 5.73 Å². The predicted octanol–water partition coefficient (Wildman–Crippen LogP) is 4.19. The van der Waals surface area contributed by atoms with Gasteiger partial charge in [-0.1, -0.05) is 51.9 Å². The molecule has 0 aromatic heterocycles. The number of nitrogens with zero attached hydrogens (tertiary/aromatic N) is 1. The maximum absolute atomic E-state index is 5.64. The van der Waals surface area contributed by atoms with E-state index in [9.17, 15) is 0 Å². The van der Waals surface area contributed by atoms with Crippen LogP contribution in [0.2, 0.25) is 0 Å². The number of unbranched alkanes of at least 4 members (excludes halogenated alkanes) is 7. The molecule has 2 heteroatoms. The van der Waals surface area contributed by atoms with Crippen LogP contribution in [-0.4, -0.2) is 31.1 Å². The number of piperidine rings is 1. The highest BCUT2D eigenvalue weighted by molar-refractivity contribution is 4.72. The maximum Gasteiger partial charge on any atom is -0.00161 e. The maximum atomic E-state index is 5.64. The van der Waals surface area contributed by atoms with Gasteiger partial charge in [-0.3, -0.25) is 0 Å². The number of hydrogen-bond donors (Lipinski definition) is 1. The van der Waals surface area contributed by atoms with E-state index in [2.05, 4.69) is 11.8 Å². The van der Waals surface area contributed by atoms with Gasteiger partial charge in [0.15, 0.2) is 0 Å².